The Labute approximate surface area is 183 Å². The second kappa shape index (κ2) is 11.9. The summed E-state index contributed by atoms with van der Waals surface area (Å²) in [5.74, 6) is 0.517. The molecular weight excluding hydrogens is 399 g/mol. The van der Waals surface area contributed by atoms with E-state index in [0.717, 1.165) is 5.75 Å². The number of hydrogen-bond acceptors (Lipinski definition) is 4. The highest BCUT2D eigenvalue weighted by molar-refractivity contribution is 5.87. The summed E-state index contributed by atoms with van der Waals surface area (Å²) in [6.45, 7) is 5.73. The molecule has 1 N–H and O–H groups in total. The van der Waals surface area contributed by atoms with E-state index >= 15 is 0 Å². The van der Waals surface area contributed by atoms with Crippen molar-refractivity contribution < 1.29 is 23.5 Å². The van der Waals surface area contributed by atoms with Gasteiger partial charge in [-0.3, -0.25) is 9.59 Å². The number of carbonyl (C=O) groups excluding carboxylic acids is 2. The number of amides is 2. The van der Waals surface area contributed by atoms with Gasteiger partial charge in [-0.05, 0) is 57.5 Å². The minimum atomic E-state index is -0.725. The van der Waals surface area contributed by atoms with Gasteiger partial charge in [-0.15, -0.1) is 0 Å². The maximum atomic E-state index is 14.2. The fraction of sp³-hybridized carbons (Fsp3) is 0.417. The molecule has 31 heavy (non-hydrogen) atoms. The molecular formula is C24H31FN2O4. The van der Waals surface area contributed by atoms with E-state index in [2.05, 4.69) is 5.32 Å². The molecule has 0 aliphatic carbocycles. The summed E-state index contributed by atoms with van der Waals surface area (Å²) in [7, 11) is 1.59. The van der Waals surface area contributed by atoms with Crippen LogP contribution in [-0.2, 0) is 16.1 Å². The van der Waals surface area contributed by atoms with Crippen LogP contribution in [0.2, 0.25) is 0 Å². The number of halogens is 1. The van der Waals surface area contributed by atoms with Gasteiger partial charge >= 0.3 is 0 Å². The zero-order chi connectivity index (χ0) is 22.8. The summed E-state index contributed by atoms with van der Waals surface area (Å²) in [5.41, 5.74) is 0.370. The quantitative estimate of drug-likeness (QED) is 0.549. The van der Waals surface area contributed by atoms with E-state index in [0.29, 0.717) is 24.3 Å². The average molecular weight is 431 g/mol. The molecule has 2 amide bonds. The number of rotatable bonds is 11. The van der Waals surface area contributed by atoms with Gasteiger partial charge in [0, 0.05) is 24.6 Å². The first-order chi connectivity index (χ1) is 14.8. The lowest BCUT2D eigenvalue weighted by atomic mass is 10.1. The Bertz CT molecular complexity index is 855. The van der Waals surface area contributed by atoms with Gasteiger partial charge in [-0.1, -0.05) is 18.2 Å². The fourth-order valence-corrected chi connectivity index (χ4v) is 3.03. The SMILES string of the molecule is COc1ccc(OCCCC(=O)N(Cc2ccccc2F)[C@@H](C)C(=O)NC(C)C)cc1. The van der Waals surface area contributed by atoms with Crippen LogP contribution < -0.4 is 14.8 Å². The molecule has 6 nitrogen and oxygen atoms in total. The van der Waals surface area contributed by atoms with Gasteiger partial charge in [0.15, 0.2) is 0 Å². The molecule has 0 saturated carbocycles. The van der Waals surface area contributed by atoms with E-state index in [9.17, 15) is 14.0 Å². The topological polar surface area (TPSA) is 67.9 Å². The summed E-state index contributed by atoms with van der Waals surface area (Å²) in [4.78, 5) is 26.9. The first-order valence-corrected chi connectivity index (χ1v) is 10.4. The minimum Gasteiger partial charge on any atom is -0.497 e. The van der Waals surface area contributed by atoms with Gasteiger partial charge in [0.1, 0.15) is 23.4 Å². The Hall–Kier alpha value is -3.09. The van der Waals surface area contributed by atoms with E-state index in [1.165, 1.54) is 11.0 Å². The molecule has 0 aliphatic rings. The summed E-state index contributed by atoms with van der Waals surface area (Å²) in [6.07, 6.45) is 0.654. The van der Waals surface area contributed by atoms with Gasteiger partial charge in [0.2, 0.25) is 11.8 Å². The lowest BCUT2D eigenvalue weighted by Gasteiger charge is -2.29. The highest BCUT2D eigenvalue weighted by Crippen LogP contribution is 2.18. The second-order valence-corrected chi connectivity index (χ2v) is 7.58. The van der Waals surface area contributed by atoms with Crippen LogP contribution >= 0.6 is 0 Å². The summed E-state index contributed by atoms with van der Waals surface area (Å²) in [6, 6.07) is 12.7. The van der Waals surface area contributed by atoms with Crippen LogP contribution in [-0.4, -0.2) is 42.5 Å². The van der Waals surface area contributed by atoms with E-state index in [4.69, 9.17) is 9.47 Å². The number of benzene rings is 2. The number of carbonyl (C=O) groups is 2. The monoisotopic (exact) mass is 430 g/mol. The third-order valence-electron chi connectivity index (χ3n) is 4.76. The molecule has 0 saturated heterocycles. The molecule has 2 rings (SSSR count). The predicted molar refractivity (Wildman–Crippen MR) is 117 cm³/mol. The van der Waals surface area contributed by atoms with Gasteiger partial charge < -0.3 is 19.7 Å². The van der Waals surface area contributed by atoms with Crippen molar-refractivity contribution in [1.82, 2.24) is 10.2 Å². The lowest BCUT2D eigenvalue weighted by molar-refractivity contribution is -0.141. The van der Waals surface area contributed by atoms with Crippen molar-refractivity contribution in [2.24, 2.45) is 0 Å². The van der Waals surface area contributed by atoms with Crippen molar-refractivity contribution in [3.63, 3.8) is 0 Å². The molecule has 168 valence electrons. The molecule has 1 atom stereocenters. The first kappa shape index (κ1) is 24.2. The molecule has 0 aromatic heterocycles. The summed E-state index contributed by atoms with van der Waals surface area (Å²) >= 11 is 0. The van der Waals surface area contributed by atoms with Crippen molar-refractivity contribution in [2.75, 3.05) is 13.7 Å². The zero-order valence-corrected chi connectivity index (χ0v) is 18.6. The van der Waals surface area contributed by atoms with Crippen molar-refractivity contribution in [3.05, 3.63) is 59.9 Å². The Kier molecular flexibility index (Phi) is 9.31. The van der Waals surface area contributed by atoms with Crippen molar-refractivity contribution in [2.45, 2.75) is 52.2 Å². The number of nitrogens with one attached hydrogen (secondary N) is 1. The number of methoxy groups -OCH3 is 1. The molecule has 0 bridgehead atoms. The van der Waals surface area contributed by atoms with Crippen LogP contribution in [0.3, 0.4) is 0 Å². The summed E-state index contributed by atoms with van der Waals surface area (Å²) < 4.78 is 24.9. The molecule has 0 spiro atoms. The number of nitrogens with zero attached hydrogens (tertiary/aromatic N) is 1. The van der Waals surface area contributed by atoms with Crippen LogP contribution in [0.4, 0.5) is 4.39 Å². The third kappa shape index (κ3) is 7.59. The molecule has 0 fully saturated rings. The van der Waals surface area contributed by atoms with E-state index in [-0.39, 0.29) is 30.8 Å². The van der Waals surface area contributed by atoms with E-state index in [1.807, 2.05) is 13.8 Å². The Morgan fingerprint density at radius 1 is 1.03 bits per heavy atom. The molecule has 0 radical (unpaired) electrons. The molecule has 7 heteroatoms. The van der Waals surface area contributed by atoms with Gasteiger partial charge in [0.05, 0.1) is 13.7 Å². The third-order valence-corrected chi connectivity index (χ3v) is 4.76. The van der Waals surface area contributed by atoms with Crippen molar-refractivity contribution >= 4 is 11.8 Å². The number of ether oxygens (including phenoxy) is 2. The summed E-state index contributed by atoms with van der Waals surface area (Å²) in [5, 5.41) is 2.81. The molecule has 0 aliphatic heterocycles. The Balaban J connectivity index is 1.99. The Morgan fingerprint density at radius 3 is 2.29 bits per heavy atom. The highest BCUT2D eigenvalue weighted by atomic mass is 19.1. The van der Waals surface area contributed by atoms with E-state index in [1.54, 1.807) is 56.5 Å². The van der Waals surface area contributed by atoms with Crippen LogP contribution in [0, 0.1) is 5.82 Å². The number of hydrogen-bond donors (Lipinski definition) is 1. The maximum Gasteiger partial charge on any atom is 0.242 e. The smallest absolute Gasteiger partial charge is 0.242 e. The van der Waals surface area contributed by atoms with Crippen LogP contribution in [0.15, 0.2) is 48.5 Å². The van der Waals surface area contributed by atoms with Gasteiger partial charge in [-0.25, -0.2) is 4.39 Å². The minimum absolute atomic E-state index is 0.0253. The highest BCUT2D eigenvalue weighted by Gasteiger charge is 2.26. The molecule has 0 heterocycles. The first-order valence-electron chi connectivity index (χ1n) is 10.4. The van der Waals surface area contributed by atoms with Crippen molar-refractivity contribution in [3.8, 4) is 11.5 Å². The average Bonchev–Trinajstić information content (AvgIpc) is 2.75. The maximum absolute atomic E-state index is 14.2. The molecule has 0 unspecified atom stereocenters. The largest absolute Gasteiger partial charge is 0.497 e. The zero-order valence-electron chi connectivity index (χ0n) is 18.6. The molecule has 2 aromatic rings. The standard InChI is InChI=1S/C24H31FN2O4/c1-17(2)26-24(29)18(3)27(16-19-8-5-6-9-22(19)25)23(28)10-7-15-31-21-13-11-20(30-4)12-14-21/h5-6,8-9,11-14,17-18H,7,10,15-16H2,1-4H3,(H,26,29)/t18-/m0/s1. The Morgan fingerprint density at radius 2 is 1.68 bits per heavy atom. The van der Waals surface area contributed by atoms with Crippen LogP contribution in [0.1, 0.15) is 39.2 Å². The van der Waals surface area contributed by atoms with Gasteiger partial charge in [-0.2, -0.15) is 0 Å². The van der Waals surface area contributed by atoms with Crippen molar-refractivity contribution in [1.29, 1.82) is 0 Å². The fourth-order valence-electron chi connectivity index (χ4n) is 3.03. The predicted octanol–water partition coefficient (Wildman–Crippen LogP) is 3.94. The lowest BCUT2D eigenvalue weighted by Crippen LogP contribution is -2.49. The normalized spacial score (nSPS) is 11.7. The second-order valence-electron chi connectivity index (χ2n) is 7.58. The van der Waals surface area contributed by atoms with Gasteiger partial charge in [0.25, 0.3) is 0 Å². The van der Waals surface area contributed by atoms with E-state index < -0.39 is 11.9 Å². The van der Waals surface area contributed by atoms with Crippen LogP contribution in [0.25, 0.3) is 0 Å². The van der Waals surface area contributed by atoms with Crippen LogP contribution in [0.5, 0.6) is 11.5 Å². The molecule has 2 aromatic carbocycles.